The molecule has 0 unspecified atom stereocenters. The predicted octanol–water partition coefficient (Wildman–Crippen LogP) is 3.01. The summed E-state index contributed by atoms with van der Waals surface area (Å²) in [4.78, 5) is 14.5. The van der Waals surface area contributed by atoms with Crippen molar-refractivity contribution in [2.75, 3.05) is 12.6 Å². The topological polar surface area (TPSA) is 86.7 Å². The lowest BCUT2D eigenvalue weighted by atomic mass is 9.91. The van der Waals surface area contributed by atoms with Gasteiger partial charge in [-0.1, -0.05) is 48.5 Å². The molecule has 2 aromatic carbocycles. The molecule has 1 amide bonds. The van der Waals surface area contributed by atoms with Crippen LogP contribution < -0.4 is 4.72 Å². The third-order valence-electron chi connectivity index (χ3n) is 6.65. The number of amides is 1. The number of nitrogens with one attached hydrogen (secondary N) is 1. The molecule has 2 fully saturated rings. The minimum absolute atomic E-state index is 0.0234. The molecular weight excluding hydrogens is 450 g/mol. The van der Waals surface area contributed by atoms with E-state index in [1.165, 1.54) is 18.7 Å². The highest BCUT2D eigenvalue weighted by Crippen LogP contribution is 2.56. The summed E-state index contributed by atoms with van der Waals surface area (Å²) in [5.41, 5.74) is -0.819. The Morgan fingerprint density at radius 3 is 2.42 bits per heavy atom. The van der Waals surface area contributed by atoms with E-state index in [1.54, 1.807) is 42.5 Å². The van der Waals surface area contributed by atoms with E-state index >= 15 is 4.39 Å². The molecule has 1 spiro atoms. The van der Waals surface area contributed by atoms with Gasteiger partial charge in [0.25, 0.3) is 5.91 Å². The number of carbonyl (C=O) groups is 1. The van der Waals surface area contributed by atoms with E-state index in [2.05, 4.69) is 4.72 Å². The van der Waals surface area contributed by atoms with Crippen molar-refractivity contribution < 1.29 is 27.1 Å². The number of hydrogen-bond donors (Lipinski definition) is 2. The normalized spacial score (nSPS) is 22.0. The highest BCUT2D eigenvalue weighted by molar-refractivity contribution is 7.89. The van der Waals surface area contributed by atoms with Gasteiger partial charge in [-0.25, -0.2) is 21.9 Å². The van der Waals surface area contributed by atoms with Gasteiger partial charge < -0.3 is 10.0 Å². The van der Waals surface area contributed by atoms with Crippen molar-refractivity contribution in [3.8, 4) is 11.1 Å². The van der Waals surface area contributed by atoms with Crippen LogP contribution in [0.15, 0.2) is 48.5 Å². The van der Waals surface area contributed by atoms with Crippen molar-refractivity contribution >= 4 is 15.9 Å². The zero-order valence-electron chi connectivity index (χ0n) is 18.6. The average Bonchev–Trinajstić information content (AvgIpc) is 3.50. The number of alkyl halides is 1. The number of likely N-dealkylation sites (tertiary alicyclic amines) is 1. The minimum atomic E-state index is -4.22. The van der Waals surface area contributed by atoms with Gasteiger partial charge in [-0.05, 0) is 44.2 Å². The van der Waals surface area contributed by atoms with Crippen LogP contribution in [0.4, 0.5) is 8.78 Å². The Balaban J connectivity index is 1.74. The van der Waals surface area contributed by atoms with Crippen molar-refractivity contribution in [3.05, 3.63) is 59.9 Å². The molecule has 2 aliphatic rings. The van der Waals surface area contributed by atoms with E-state index in [9.17, 15) is 22.7 Å². The first-order chi connectivity index (χ1) is 15.5. The molecule has 1 saturated heterocycles. The molecule has 1 aliphatic heterocycles. The number of benzene rings is 2. The van der Waals surface area contributed by atoms with Crippen LogP contribution in [0.3, 0.4) is 0 Å². The quantitative estimate of drug-likeness (QED) is 0.641. The number of aliphatic hydroxyl groups is 1. The van der Waals surface area contributed by atoms with Crippen LogP contribution >= 0.6 is 0 Å². The van der Waals surface area contributed by atoms with Gasteiger partial charge in [0.2, 0.25) is 16.0 Å². The second-order valence-corrected chi connectivity index (χ2v) is 11.3. The monoisotopic (exact) mass is 478 g/mol. The maximum Gasteiger partial charge on any atom is 0.254 e. The summed E-state index contributed by atoms with van der Waals surface area (Å²) >= 11 is 0. The molecule has 0 radical (unpaired) electrons. The van der Waals surface area contributed by atoms with Crippen LogP contribution in [-0.2, 0) is 21.2 Å². The fraction of sp³-hybridized carbons (Fsp3) is 0.458. The summed E-state index contributed by atoms with van der Waals surface area (Å²) in [6.07, 6.45) is 1.34. The van der Waals surface area contributed by atoms with Crippen molar-refractivity contribution in [2.24, 2.45) is 5.41 Å². The Kier molecular flexibility index (Phi) is 6.09. The van der Waals surface area contributed by atoms with Crippen LogP contribution in [-0.4, -0.2) is 54.6 Å². The van der Waals surface area contributed by atoms with E-state index in [4.69, 9.17) is 0 Å². The van der Waals surface area contributed by atoms with Gasteiger partial charge in [-0.3, -0.25) is 4.79 Å². The smallest absolute Gasteiger partial charge is 0.254 e. The zero-order chi connectivity index (χ0) is 24.0. The molecule has 178 valence electrons. The van der Waals surface area contributed by atoms with E-state index in [1.807, 2.05) is 6.07 Å². The summed E-state index contributed by atoms with van der Waals surface area (Å²) in [5.74, 6) is -1.02. The number of carbonyl (C=O) groups excluding carboxylic acids is 1. The van der Waals surface area contributed by atoms with Gasteiger partial charge in [-0.2, -0.15) is 0 Å². The second-order valence-electron chi connectivity index (χ2n) is 9.59. The fourth-order valence-corrected chi connectivity index (χ4v) is 5.66. The van der Waals surface area contributed by atoms with E-state index in [0.717, 1.165) is 0 Å². The zero-order valence-corrected chi connectivity index (χ0v) is 19.4. The third kappa shape index (κ3) is 4.67. The summed E-state index contributed by atoms with van der Waals surface area (Å²) in [6.45, 7) is 2.95. The van der Waals surface area contributed by atoms with E-state index in [-0.39, 0.29) is 13.0 Å². The van der Waals surface area contributed by atoms with Gasteiger partial charge in [0, 0.05) is 23.6 Å². The van der Waals surface area contributed by atoms with Gasteiger partial charge >= 0.3 is 0 Å². The minimum Gasteiger partial charge on any atom is -0.381 e. The molecule has 0 bridgehead atoms. The first-order valence-electron chi connectivity index (χ1n) is 10.9. The number of sulfonamides is 1. The molecule has 2 aromatic rings. The molecular formula is C24H28F2N2O4S. The van der Waals surface area contributed by atoms with E-state index < -0.39 is 50.9 Å². The summed E-state index contributed by atoms with van der Waals surface area (Å²) in [6, 6.07) is 10.9. The van der Waals surface area contributed by atoms with Crippen LogP contribution in [0.2, 0.25) is 0 Å². The number of nitrogens with zero attached hydrogens (tertiary/aromatic N) is 1. The summed E-state index contributed by atoms with van der Waals surface area (Å²) in [7, 11) is -4.22. The lowest BCUT2D eigenvalue weighted by Crippen LogP contribution is -2.53. The number of hydrogen-bond acceptors (Lipinski definition) is 4. The fourth-order valence-electron chi connectivity index (χ4n) is 4.81. The highest BCUT2D eigenvalue weighted by atomic mass is 32.2. The van der Waals surface area contributed by atoms with Crippen molar-refractivity contribution in [1.29, 1.82) is 0 Å². The molecule has 1 aliphatic carbocycles. The van der Waals surface area contributed by atoms with Crippen LogP contribution in [0, 0.1) is 11.2 Å². The molecule has 9 heteroatoms. The maximum absolute atomic E-state index is 15.6. The van der Waals surface area contributed by atoms with Crippen LogP contribution in [0.5, 0.6) is 0 Å². The Bertz CT molecular complexity index is 1140. The Hall–Kier alpha value is -2.36. The highest BCUT2D eigenvalue weighted by Gasteiger charge is 2.62. The largest absolute Gasteiger partial charge is 0.381 e. The molecule has 2 N–H and O–H groups in total. The van der Waals surface area contributed by atoms with Crippen molar-refractivity contribution in [3.63, 3.8) is 0 Å². The summed E-state index contributed by atoms with van der Waals surface area (Å²) < 4.78 is 55.4. The lowest BCUT2D eigenvalue weighted by molar-refractivity contribution is -0.149. The molecule has 4 rings (SSSR count). The first-order valence-corrected chi connectivity index (χ1v) is 12.5. The Morgan fingerprint density at radius 2 is 1.85 bits per heavy atom. The molecule has 33 heavy (non-hydrogen) atoms. The standard InChI is InChI=1S/C24H28F2N2O4S/c1-23(2,30)22(29)28-14-24(11-12-24)21(27-33(31,32)15-25)19(28)13-17-9-6-10-18(20(17)26)16-7-4-3-5-8-16/h3-10,19,21,27,30H,11-15H2,1-2H3/t19-,21+/m0/s1. The second kappa shape index (κ2) is 8.45. The lowest BCUT2D eigenvalue weighted by Gasteiger charge is -2.32. The number of rotatable bonds is 7. The van der Waals surface area contributed by atoms with Crippen molar-refractivity contribution in [1.82, 2.24) is 9.62 Å². The van der Waals surface area contributed by atoms with E-state index in [0.29, 0.717) is 29.5 Å². The predicted molar refractivity (Wildman–Crippen MR) is 121 cm³/mol. The Labute approximate surface area is 192 Å². The third-order valence-corrected chi connectivity index (χ3v) is 7.55. The molecule has 2 atom stereocenters. The van der Waals surface area contributed by atoms with Gasteiger partial charge in [0.1, 0.15) is 11.4 Å². The molecule has 1 heterocycles. The van der Waals surface area contributed by atoms with Crippen molar-refractivity contribution in [2.45, 2.75) is 50.8 Å². The van der Waals surface area contributed by atoms with Gasteiger partial charge in [0.15, 0.2) is 0 Å². The average molecular weight is 479 g/mol. The van der Waals surface area contributed by atoms with Crippen LogP contribution in [0.1, 0.15) is 32.3 Å². The Morgan fingerprint density at radius 1 is 1.18 bits per heavy atom. The SMILES string of the molecule is CC(C)(O)C(=O)N1CC2(CC2)[C@H](NS(=O)(=O)CF)[C@@H]1Cc1cccc(-c2ccccc2)c1F. The molecule has 6 nitrogen and oxygen atoms in total. The molecule has 0 aromatic heterocycles. The van der Waals surface area contributed by atoms with Gasteiger partial charge in [0.05, 0.1) is 6.04 Å². The number of halogens is 2. The first kappa shape index (κ1) is 23.8. The maximum atomic E-state index is 15.6. The van der Waals surface area contributed by atoms with Gasteiger partial charge in [-0.15, -0.1) is 0 Å². The molecule has 1 saturated carbocycles. The summed E-state index contributed by atoms with van der Waals surface area (Å²) in [5, 5.41) is 10.4. The van der Waals surface area contributed by atoms with Crippen LogP contribution in [0.25, 0.3) is 11.1 Å².